The molecule has 0 atom stereocenters. The number of nitrogens with zero attached hydrogens (tertiary/aromatic N) is 3. The molecule has 1 heterocycles. The number of aryl methyl sites for hydroxylation is 1. The Morgan fingerprint density at radius 2 is 1.85 bits per heavy atom. The summed E-state index contributed by atoms with van der Waals surface area (Å²) in [5.74, 6) is 0.343. The van der Waals surface area contributed by atoms with Crippen LogP contribution in [0, 0.1) is 6.92 Å². The summed E-state index contributed by atoms with van der Waals surface area (Å²) in [5, 5.41) is 8.44. The summed E-state index contributed by atoms with van der Waals surface area (Å²) in [6.45, 7) is 2.07. The normalized spacial score (nSPS) is 10.7. The molecule has 20 heavy (non-hydrogen) atoms. The average molecular weight is 284 g/mol. The molecule has 3 aromatic rings. The monoisotopic (exact) mass is 283 g/mol. The van der Waals surface area contributed by atoms with Gasteiger partial charge in [-0.2, -0.15) is 0 Å². The van der Waals surface area contributed by atoms with Gasteiger partial charge in [0.25, 0.3) is 0 Å². The second-order valence-electron chi connectivity index (χ2n) is 4.64. The van der Waals surface area contributed by atoms with E-state index in [2.05, 4.69) is 35.4 Å². The molecule has 0 bridgehead atoms. The van der Waals surface area contributed by atoms with Crippen LogP contribution in [0.2, 0.25) is 0 Å². The molecule has 0 aliphatic rings. The van der Waals surface area contributed by atoms with Gasteiger partial charge in [0.2, 0.25) is 0 Å². The largest absolute Gasteiger partial charge is 0.213 e. The molecule has 3 rings (SSSR count). The SMILES string of the molecule is Cc1cccc(-c2c(CCl)nnn2-c2ccccc2)c1. The molecule has 2 aromatic carbocycles. The van der Waals surface area contributed by atoms with Crippen molar-refractivity contribution in [2.45, 2.75) is 12.8 Å². The van der Waals surface area contributed by atoms with Crippen LogP contribution in [0.15, 0.2) is 54.6 Å². The summed E-state index contributed by atoms with van der Waals surface area (Å²) >= 11 is 6.01. The minimum atomic E-state index is 0.343. The Balaban J connectivity index is 2.21. The van der Waals surface area contributed by atoms with E-state index < -0.39 is 0 Å². The maximum Gasteiger partial charge on any atom is 0.106 e. The van der Waals surface area contributed by atoms with Crippen LogP contribution in [0.25, 0.3) is 16.9 Å². The lowest BCUT2D eigenvalue weighted by molar-refractivity contribution is 0.804. The smallest absolute Gasteiger partial charge is 0.106 e. The number of halogens is 1. The van der Waals surface area contributed by atoms with E-state index in [1.807, 2.05) is 41.1 Å². The van der Waals surface area contributed by atoms with E-state index >= 15 is 0 Å². The molecular weight excluding hydrogens is 270 g/mol. The highest BCUT2D eigenvalue weighted by molar-refractivity contribution is 6.17. The molecule has 0 spiro atoms. The Morgan fingerprint density at radius 3 is 2.55 bits per heavy atom. The molecule has 0 N–H and O–H groups in total. The number of aromatic nitrogens is 3. The van der Waals surface area contributed by atoms with Crippen LogP contribution in [0.1, 0.15) is 11.3 Å². The quantitative estimate of drug-likeness (QED) is 0.681. The van der Waals surface area contributed by atoms with Gasteiger partial charge >= 0.3 is 0 Å². The number of alkyl halides is 1. The standard InChI is InChI=1S/C16H14ClN3/c1-12-6-5-7-13(10-12)16-15(11-17)18-19-20(16)14-8-3-2-4-9-14/h2-10H,11H2,1H3. The number of para-hydroxylation sites is 1. The molecule has 3 nitrogen and oxygen atoms in total. The fraction of sp³-hybridized carbons (Fsp3) is 0.125. The summed E-state index contributed by atoms with van der Waals surface area (Å²) < 4.78 is 1.84. The van der Waals surface area contributed by atoms with Gasteiger partial charge in [-0.05, 0) is 25.1 Å². The fourth-order valence-electron chi connectivity index (χ4n) is 2.23. The van der Waals surface area contributed by atoms with Crippen LogP contribution in [-0.4, -0.2) is 15.0 Å². The van der Waals surface area contributed by atoms with Gasteiger partial charge in [0, 0.05) is 5.56 Å². The first-order valence-electron chi connectivity index (χ1n) is 6.42. The Bertz CT molecular complexity index is 720. The predicted octanol–water partition coefficient (Wildman–Crippen LogP) is 3.98. The summed E-state index contributed by atoms with van der Waals surface area (Å²) in [4.78, 5) is 0. The lowest BCUT2D eigenvalue weighted by Gasteiger charge is -2.08. The third-order valence-electron chi connectivity index (χ3n) is 3.16. The molecule has 0 aliphatic heterocycles. The molecule has 0 unspecified atom stereocenters. The molecule has 4 heteroatoms. The van der Waals surface area contributed by atoms with Crippen molar-refractivity contribution in [3.05, 3.63) is 65.9 Å². The maximum absolute atomic E-state index is 6.01. The van der Waals surface area contributed by atoms with Gasteiger partial charge in [-0.1, -0.05) is 47.2 Å². The van der Waals surface area contributed by atoms with E-state index in [0.29, 0.717) is 5.88 Å². The Labute approximate surface area is 122 Å². The average Bonchev–Trinajstić information content (AvgIpc) is 2.92. The molecular formula is C16H14ClN3. The number of benzene rings is 2. The molecule has 0 aliphatic carbocycles. The third kappa shape index (κ3) is 2.32. The second kappa shape index (κ2) is 5.47. The van der Waals surface area contributed by atoms with Crippen LogP contribution in [0.3, 0.4) is 0 Å². The van der Waals surface area contributed by atoms with Gasteiger partial charge < -0.3 is 0 Å². The maximum atomic E-state index is 6.01. The molecule has 0 saturated heterocycles. The second-order valence-corrected chi connectivity index (χ2v) is 4.90. The number of hydrogen-bond donors (Lipinski definition) is 0. The minimum Gasteiger partial charge on any atom is -0.213 e. The van der Waals surface area contributed by atoms with Crippen LogP contribution >= 0.6 is 11.6 Å². The molecule has 100 valence electrons. The first-order valence-corrected chi connectivity index (χ1v) is 6.96. The van der Waals surface area contributed by atoms with E-state index in [0.717, 1.165) is 22.6 Å². The zero-order chi connectivity index (χ0) is 13.9. The van der Waals surface area contributed by atoms with Crippen LogP contribution in [-0.2, 0) is 5.88 Å². The van der Waals surface area contributed by atoms with Crippen molar-refractivity contribution in [1.29, 1.82) is 0 Å². The van der Waals surface area contributed by atoms with E-state index in [1.54, 1.807) is 0 Å². The lowest BCUT2D eigenvalue weighted by atomic mass is 10.1. The fourth-order valence-corrected chi connectivity index (χ4v) is 2.41. The van der Waals surface area contributed by atoms with Crippen LogP contribution < -0.4 is 0 Å². The van der Waals surface area contributed by atoms with Gasteiger partial charge in [-0.3, -0.25) is 0 Å². The van der Waals surface area contributed by atoms with Crippen LogP contribution in [0.5, 0.6) is 0 Å². The highest BCUT2D eigenvalue weighted by atomic mass is 35.5. The summed E-state index contributed by atoms with van der Waals surface area (Å²) in [5.41, 5.74) is 5.00. The minimum absolute atomic E-state index is 0.343. The summed E-state index contributed by atoms with van der Waals surface area (Å²) in [6.07, 6.45) is 0. The van der Waals surface area contributed by atoms with Crippen molar-refractivity contribution in [3.8, 4) is 16.9 Å². The first-order chi connectivity index (χ1) is 9.79. The van der Waals surface area contributed by atoms with Gasteiger partial charge in [-0.15, -0.1) is 16.7 Å². The third-order valence-corrected chi connectivity index (χ3v) is 3.41. The van der Waals surface area contributed by atoms with E-state index in [4.69, 9.17) is 11.6 Å². The lowest BCUT2D eigenvalue weighted by Crippen LogP contribution is -1.99. The van der Waals surface area contributed by atoms with E-state index in [-0.39, 0.29) is 0 Å². The predicted molar refractivity (Wildman–Crippen MR) is 81.1 cm³/mol. The van der Waals surface area contributed by atoms with Crippen molar-refractivity contribution < 1.29 is 0 Å². The molecule has 0 amide bonds. The molecule has 0 saturated carbocycles. The molecule has 0 radical (unpaired) electrons. The Morgan fingerprint density at radius 1 is 1.05 bits per heavy atom. The van der Waals surface area contributed by atoms with Crippen molar-refractivity contribution in [1.82, 2.24) is 15.0 Å². The number of rotatable bonds is 3. The van der Waals surface area contributed by atoms with Gasteiger partial charge in [0.1, 0.15) is 5.69 Å². The highest BCUT2D eigenvalue weighted by Crippen LogP contribution is 2.26. The first kappa shape index (κ1) is 12.9. The van der Waals surface area contributed by atoms with Crippen molar-refractivity contribution >= 4 is 11.6 Å². The van der Waals surface area contributed by atoms with Gasteiger partial charge in [-0.25, -0.2) is 4.68 Å². The van der Waals surface area contributed by atoms with E-state index in [1.165, 1.54) is 5.56 Å². The Kier molecular flexibility index (Phi) is 3.52. The van der Waals surface area contributed by atoms with Gasteiger partial charge in [0.15, 0.2) is 0 Å². The summed E-state index contributed by atoms with van der Waals surface area (Å²) in [7, 11) is 0. The Hall–Kier alpha value is -2.13. The topological polar surface area (TPSA) is 30.7 Å². The summed E-state index contributed by atoms with van der Waals surface area (Å²) in [6, 6.07) is 18.2. The number of hydrogen-bond acceptors (Lipinski definition) is 2. The highest BCUT2D eigenvalue weighted by Gasteiger charge is 2.15. The van der Waals surface area contributed by atoms with Crippen molar-refractivity contribution in [2.75, 3.05) is 0 Å². The van der Waals surface area contributed by atoms with Crippen LogP contribution in [0.4, 0.5) is 0 Å². The van der Waals surface area contributed by atoms with Crippen molar-refractivity contribution in [2.24, 2.45) is 0 Å². The van der Waals surface area contributed by atoms with E-state index in [9.17, 15) is 0 Å². The zero-order valence-corrected chi connectivity index (χ0v) is 11.9. The van der Waals surface area contributed by atoms with Gasteiger partial charge in [0.05, 0.1) is 17.3 Å². The van der Waals surface area contributed by atoms with Crippen molar-refractivity contribution in [3.63, 3.8) is 0 Å². The zero-order valence-electron chi connectivity index (χ0n) is 11.1. The molecule has 0 fully saturated rings. The molecule has 1 aromatic heterocycles.